The molecule has 0 saturated heterocycles. The fraction of sp³-hybridized carbons (Fsp3) is 0.345. The summed E-state index contributed by atoms with van der Waals surface area (Å²) in [6.45, 7) is 7.23. The molecule has 1 heterocycles. The first-order chi connectivity index (χ1) is 17.6. The highest BCUT2D eigenvalue weighted by atomic mass is 31.2. The van der Waals surface area contributed by atoms with Crippen molar-refractivity contribution in [2.75, 3.05) is 18.5 Å². The molecule has 36 heavy (non-hydrogen) atoms. The van der Waals surface area contributed by atoms with Gasteiger partial charge in [0.1, 0.15) is 5.82 Å². The first-order valence-electron chi connectivity index (χ1n) is 12.8. The number of nitrogens with one attached hydrogen (secondary N) is 1. The van der Waals surface area contributed by atoms with Crippen molar-refractivity contribution in [1.82, 2.24) is 9.55 Å². The third kappa shape index (κ3) is 6.07. The van der Waals surface area contributed by atoms with Gasteiger partial charge in [0.2, 0.25) is 0 Å². The first-order valence-corrected chi connectivity index (χ1v) is 14.4. The highest BCUT2D eigenvalue weighted by Gasteiger charge is 2.37. The molecule has 1 unspecified atom stereocenters. The van der Waals surface area contributed by atoms with Gasteiger partial charge in [-0.15, -0.1) is 0 Å². The highest BCUT2D eigenvalue weighted by Crippen LogP contribution is 2.60. The van der Waals surface area contributed by atoms with E-state index < -0.39 is 13.4 Å². The molecule has 0 saturated carbocycles. The van der Waals surface area contributed by atoms with Crippen LogP contribution in [0.5, 0.6) is 0 Å². The summed E-state index contributed by atoms with van der Waals surface area (Å²) in [4.78, 5) is 4.89. The molecule has 190 valence electrons. The fourth-order valence-corrected chi connectivity index (χ4v) is 6.34. The molecule has 7 heteroatoms. The highest BCUT2D eigenvalue weighted by molar-refractivity contribution is 7.54. The maximum absolute atomic E-state index is 13.7. The number of aryl methyl sites for hydroxylation is 1. The predicted octanol–water partition coefficient (Wildman–Crippen LogP) is 7.80. The average molecular weight is 506 g/mol. The Bertz CT molecular complexity index is 1280. The Hall–Kier alpha value is -2.92. The normalized spacial score (nSPS) is 12.6. The summed E-state index contributed by atoms with van der Waals surface area (Å²) in [6.07, 6.45) is 3.22. The molecule has 4 aromatic rings. The molecular formula is C29H36N3O3P. The van der Waals surface area contributed by atoms with Crippen molar-refractivity contribution in [1.29, 1.82) is 0 Å². The van der Waals surface area contributed by atoms with Gasteiger partial charge < -0.3 is 18.9 Å². The Morgan fingerprint density at radius 2 is 1.56 bits per heavy atom. The van der Waals surface area contributed by atoms with Gasteiger partial charge in [-0.2, -0.15) is 0 Å². The number of imidazole rings is 1. The second-order valence-corrected chi connectivity index (χ2v) is 10.8. The number of rotatable bonds is 13. The molecule has 1 aromatic heterocycles. The van der Waals surface area contributed by atoms with E-state index in [1.54, 1.807) is 0 Å². The second kappa shape index (κ2) is 12.4. The molecule has 0 spiro atoms. The lowest BCUT2D eigenvalue weighted by Gasteiger charge is -2.28. The Balaban J connectivity index is 1.59. The monoisotopic (exact) mass is 505 g/mol. The molecule has 1 N–H and O–H groups in total. The lowest BCUT2D eigenvalue weighted by atomic mass is 10.1. The van der Waals surface area contributed by atoms with Crippen LogP contribution in [0.2, 0.25) is 0 Å². The summed E-state index contributed by atoms with van der Waals surface area (Å²) < 4.78 is 27.4. The van der Waals surface area contributed by atoms with Gasteiger partial charge in [-0.25, -0.2) is 4.98 Å². The Kier molecular flexibility index (Phi) is 8.98. The third-order valence-corrected chi connectivity index (χ3v) is 8.43. The Labute approximate surface area is 214 Å². The smallest absolute Gasteiger partial charge is 0.357 e. The lowest BCUT2D eigenvalue weighted by molar-refractivity contribution is 0.214. The molecular weight excluding hydrogens is 469 g/mol. The minimum absolute atomic E-state index is 0.306. The van der Waals surface area contributed by atoms with Gasteiger partial charge in [-0.05, 0) is 55.7 Å². The molecule has 0 fully saturated rings. The summed E-state index contributed by atoms with van der Waals surface area (Å²) in [5.41, 5.74) is 5.08. The standard InChI is InChI=1S/C29H36N3O3P/c1-4-7-17-28-31-26-15-11-12-16-27(26)32(28)22-23-18-20-25(21-19-23)30-29(24-13-9-8-10-14-24)36(33,34-5-2)35-6-3/h8-16,18-21,29-30H,4-7,17,22H2,1-3H3. The van der Waals surface area contributed by atoms with Crippen LogP contribution >= 0.6 is 7.60 Å². The summed E-state index contributed by atoms with van der Waals surface area (Å²) in [5.74, 6) is 0.515. The number of hydrogen-bond donors (Lipinski definition) is 1. The van der Waals surface area contributed by atoms with Gasteiger partial charge >= 0.3 is 7.60 Å². The fourth-order valence-electron chi connectivity index (χ4n) is 4.40. The molecule has 3 aromatic carbocycles. The molecule has 6 nitrogen and oxygen atoms in total. The number of anilines is 1. The van der Waals surface area contributed by atoms with E-state index in [0.717, 1.165) is 53.9 Å². The maximum Gasteiger partial charge on any atom is 0.357 e. The number of hydrogen-bond acceptors (Lipinski definition) is 5. The summed E-state index contributed by atoms with van der Waals surface area (Å²) in [6, 6.07) is 26.3. The zero-order valence-corrected chi connectivity index (χ0v) is 22.3. The van der Waals surface area contributed by atoms with Crippen LogP contribution in [0, 0.1) is 0 Å². The van der Waals surface area contributed by atoms with Crippen LogP contribution in [-0.2, 0) is 26.6 Å². The molecule has 0 radical (unpaired) electrons. The van der Waals surface area contributed by atoms with Crippen LogP contribution in [0.3, 0.4) is 0 Å². The van der Waals surface area contributed by atoms with E-state index in [9.17, 15) is 4.57 Å². The van der Waals surface area contributed by atoms with Crippen molar-refractivity contribution in [3.05, 3.63) is 95.8 Å². The van der Waals surface area contributed by atoms with Crippen LogP contribution in [0.25, 0.3) is 11.0 Å². The van der Waals surface area contributed by atoms with Crippen molar-refractivity contribution in [2.24, 2.45) is 0 Å². The maximum atomic E-state index is 13.7. The van der Waals surface area contributed by atoms with Crippen molar-refractivity contribution in [3.8, 4) is 0 Å². The van der Waals surface area contributed by atoms with Crippen molar-refractivity contribution in [2.45, 2.75) is 52.4 Å². The predicted molar refractivity (Wildman–Crippen MR) is 148 cm³/mol. The molecule has 0 aliphatic rings. The number of para-hydroxylation sites is 2. The number of aromatic nitrogens is 2. The first kappa shape index (κ1) is 26.2. The van der Waals surface area contributed by atoms with Crippen LogP contribution < -0.4 is 5.32 Å². The SMILES string of the molecule is CCCCc1nc2ccccc2n1Cc1ccc(NC(c2ccccc2)P(=O)(OCC)OCC)cc1. The van der Waals surface area contributed by atoms with Gasteiger partial charge in [-0.1, -0.05) is 67.9 Å². The van der Waals surface area contributed by atoms with E-state index in [1.165, 1.54) is 5.56 Å². The van der Waals surface area contributed by atoms with E-state index in [-0.39, 0.29) is 0 Å². The number of nitrogens with zero attached hydrogens (tertiary/aromatic N) is 2. The largest absolute Gasteiger partial charge is 0.368 e. The topological polar surface area (TPSA) is 65.4 Å². The van der Waals surface area contributed by atoms with Gasteiger partial charge in [-0.3, -0.25) is 4.57 Å². The zero-order chi connectivity index (χ0) is 25.4. The minimum Gasteiger partial charge on any atom is -0.368 e. The van der Waals surface area contributed by atoms with Gasteiger partial charge in [0.05, 0.1) is 24.2 Å². The Morgan fingerprint density at radius 1 is 0.889 bits per heavy atom. The van der Waals surface area contributed by atoms with Crippen LogP contribution in [0.15, 0.2) is 78.9 Å². The number of unbranched alkanes of at least 4 members (excludes halogenated alkanes) is 1. The van der Waals surface area contributed by atoms with E-state index in [1.807, 2.05) is 62.4 Å². The molecule has 0 aliphatic heterocycles. The molecule has 4 rings (SSSR count). The van der Waals surface area contributed by atoms with Crippen LogP contribution in [0.4, 0.5) is 5.69 Å². The van der Waals surface area contributed by atoms with E-state index in [4.69, 9.17) is 14.0 Å². The molecule has 0 amide bonds. The van der Waals surface area contributed by atoms with Crippen molar-refractivity contribution >= 4 is 24.3 Å². The summed E-state index contributed by atoms with van der Waals surface area (Å²) >= 11 is 0. The summed E-state index contributed by atoms with van der Waals surface area (Å²) in [7, 11) is -3.44. The van der Waals surface area contributed by atoms with Gasteiger partial charge in [0.25, 0.3) is 0 Å². The summed E-state index contributed by atoms with van der Waals surface area (Å²) in [5, 5.41) is 3.43. The van der Waals surface area contributed by atoms with E-state index in [0.29, 0.717) is 13.2 Å². The van der Waals surface area contributed by atoms with Crippen molar-refractivity contribution in [3.63, 3.8) is 0 Å². The average Bonchev–Trinajstić information content (AvgIpc) is 3.24. The number of fused-ring (bicyclic) bond motifs is 1. The lowest BCUT2D eigenvalue weighted by Crippen LogP contribution is -2.15. The quantitative estimate of drug-likeness (QED) is 0.188. The minimum atomic E-state index is -3.44. The molecule has 1 atom stereocenters. The third-order valence-electron chi connectivity index (χ3n) is 6.14. The van der Waals surface area contributed by atoms with Crippen LogP contribution in [-0.4, -0.2) is 22.8 Å². The zero-order valence-electron chi connectivity index (χ0n) is 21.4. The van der Waals surface area contributed by atoms with E-state index in [2.05, 4.69) is 47.1 Å². The van der Waals surface area contributed by atoms with Gasteiger partial charge in [0, 0.05) is 18.7 Å². The Morgan fingerprint density at radius 3 is 2.22 bits per heavy atom. The van der Waals surface area contributed by atoms with Crippen molar-refractivity contribution < 1.29 is 13.6 Å². The molecule has 0 bridgehead atoms. The van der Waals surface area contributed by atoms with Gasteiger partial charge in [0.15, 0.2) is 5.78 Å². The molecule has 0 aliphatic carbocycles. The number of benzene rings is 3. The van der Waals surface area contributed by atoms with Crippen LogP contribution in [0.1, 0.15) is 56.3 Å². The second-order valence-electron chi connectivity index (χ2n) is 8.74. The van der Waals surface area contributed by atoms with E-state index >= 15 is 0 Å².